The van der Waals surface area contributed by atoms with E-state index >= 15 is 0 Å². The maximum atomic E-state index is 12.9. The highest BCUT2D eigenvalue weighted by molar-refractivity contribution is 7.82. The van der Waals surface area contributed by atoms with E-state index in [4.69, 9.17) is 30.9 Å². The second-order valence-corrected chi connectivity index (χ2v) is 22.1. The molecule has 0 unspecified atom stereocenters. The summed E-state index contributed by atoms with van der Waals surface area (Å²) in [4.78, 5) is 9.60. The third-order valence-corrected chi connectivity index (χ3v) is 13.8. The van der Waals surface area contributed by atoms with Gasteiger partial charge in [-0.1, -0.05) is 66.7 Å². The molecule has 9 aromatic carbocycles. The number of nitrogens with zero attached hydrogens (tertiary/aromatic N) is 2. The van der Waals surface area contributed by atoms with Gasteiger partial charge in [-0.25, -0.2) is 9.98 Å². The first-order valence-corrected chi connectivity index (χ1v) is 28.2. The third-order valence-electron chi connectivity index (χ3n) is 11.5. The molecular weight excluding hydrogens is 1110 g/mol. The first-order chi connectivity index (χ1) is 34.4. The molecule has 0 fully saturated rings. The Hall–Kier alpha value is -7.60. The smallest absolute Gasteiger partial charge is 0.362 e. The van der Waals surface area contributed by atoms with Crippen LogP contribution in [0, 0.1) is 20.9 Å². The second-order valence-electron chi connectivity index (χ2n) is 16.0. The molecule has 0 radical (unpaired) electrons. The molecule has 74 heavy (non-hydrogen) atoms. The lowest BCUT2D eigenvalue weighted by atomic mass is 9.95. The fraction of sp³-hybridized carbons (Fsp3) is 0. The highest BCUT2D eigenvalue weighted by atomic mass is 32.3. The minimum absolute atomic E-state index is 0.00714. The minimum atomic E-state index is -5.72. The van der Waals surface area contributed by atoms with Crippen LogP contribution in [0.15, 0.2) is 107 Å². The van der Waals surface area contributed by atoms with Crippen molar-refractivity contribution < 1.29 is 103 Å². The molecule has 0 spiro atoms. The van der Waals surface area contributed by atoms with Gasteiger partial charge in [-0.15, -0.1) is 0 Å². The van der Waals surface area contributed by atoms with E-state index in [-0.39, 0.29) is 37.7 Å². The van der Waals surface area contributed by atoms with Gasteiger partial charge in [0.2, 0.25) is 0 Å². The Kier molecular flexibility index (Phi) is 10.5. The Balaban J connectivity index is 1.49. The van der Waals surface area contributed by atoms with Crippen molar-refractivity contribution in [3.63, 3.8) is 0 Å². The van der Waals surface area contributed by atoms with E-state index in [0.29, 0.717) is 22.2 Å². The van der Waals surface area contributed by atoms with Gasteiger partial charge in [-0.3, -0.25) is 27.3 Å². The molecule has 0 saturated heterocycles. The maximum absolute atomic E-state index is 12.9. The number of rotatable bonds is 12. The van der Waals surface area contributed by atoms with Crippen molar-refractivity contribution in [2.45, 2.75) is 0 Å². The zero-order chi connectivity index (χ0) is 53.0. The molecule has 11 rings (SSSR count). The average molecular weight is 1130 g/mol. The largest absolute Gasteiger partial charge is 0.446 e. The lowest BCUT2D eigenvalue weighted by Crippen LogP contribution is -2.16. The number of fused-ring (bicyclic) bond motifs is 15. The Morgan fingerprint density at radius 1 is 0.338 bits per heavy atom. The van der Waals surface area contributed by atoms with Crippen LogP contribution in [0.4, 0.5) is 11.4 Å². The summed E-state index contributed by atoms with van der Waals surface area (Å²) < 4.78 is 242. The van der Waals surface area contributed by atoms with Crippen LogP contribution in [0.3, 0.4) is 0 Å². The van der Waals surface area contributed by atoms with Crippen molar-refractivity contribution in [2.75, 3.05) is 0 Å². The predicted octanol–water partition coefficient (Wildman–Crippen LogP) is 4.80. The summed E-state index contributed by atoms with van der Waals surface area (Å²) in [5.74, 6) is -4.76. The molecule has 26 nitrogen and oxygen atoms in total. The van der Waals surface area contributed by atoms with Gasteiger partial charge in [-0.2, -0.15) is 50.5 Å². The Morgan fingerprint density at radius 3 is 1.30 bits per heavy atom. The van der Waals surface area contributed by atoms with Crippen molar-refractivity contribution >= 4 is 138 Å². The van der Waals surface area contributed by atoms with Crippen molar-refractivity contribution in [1.29, 1.82) is 0 Å². The van der Waals surface area contributed by atoms with Crippen LogP contribution in [0.1, 0.15) is 0 Å². The van der Waals surface area contributed by atoms with Gasteiger partial charge < -0.3 is 25.1 Å². The van der Waals surface area contributed by atoms with Crippen molar-refractivity contribution in [3.8, 4) is 34.5 Å². The highest BCUT2D eigenvalue weighted by Crippen LogP contribution is 2.54. The average Bonchev–Trinajstić information content (AvgIpc) is 3.85. The van der Waals surface area contributed by atoms with E-state index in [1.807, 2.05) is 0 Å². The fourth-order valence-electron chi connectivity index (χ4n) is 9.31. The van der Waals surface area contributed by atoms with E-state index < -0.39 is 151 Å². The van der Waals surface area contributed by atoms with Crippen molar-refractivity contribution in [3.05, 3.63) is 129 Å². The number of benzene rings is 9. The number of hydrogen-bond acceptors (Lipinski definition) is 20. The monoisotopic (exact) mass is 1130 g/mol. The molecule has 0 atom stereocenters. The van der Waals surface area contributed by atoms with Gasteiger partial charge in [-0.05, 0) is 46.5 Å². The molecule has 0 amide bonds. The molecule has 2 aliphatic rings. The van der Waals surface area contributed by atoms with Crippen LogP contribution in [0.2, 0.25) is 0 Å². The predicted molar refractivity (Wildman–Crippen MR) is 254 cm³/mol. The Labute approximate surface area is 412 Å². The summed E-state index contributed by atoms with van der Waals surface area (Å²) in [5.41, 5.74) is -1.03. The van der Waals surface area contributed by atoms with Crippen LogP contribution in [-0.2, 0) is 62.4 Å². The highest BCUT2D eigenvalue weighted by Gasteiger charge is 2.34. The molecule has 380 valence electrons. The summed E-state index contributed by atoms with van der Waals surface area (Å²) in [6.45, 7) is 0. The van der Waals surface area contributed by atoms with Crippen molar-refractivity contribution in [1.82, 2.24) is 0 Å². The lowest BCUT2D eigenvalue weighted by Gasteiger charge is -2.17. The lowest BCUT2D eigenvalue weighted by molar-refractivity contribution is 0.382. The van der Waals surface area contributed by atoms with Gasteiger partial charge in [0.05, 0.1) is 43.5 Å². The summed E-state index contributed by atoms with van der Waals surface area (Å²) >= 11 is 0. The quantitative estimate of drug-likeness (QED) is 0.0706. The van der Waals surface area contributed by atoms with Gasteiger partial charge in [0, 0.05) is 48.0 Å². The fourth-order valence-corrected chi connectivity index (χ4v) is 11.6. The molecular formula is C42H22N2O24S6. The number of hydrogen-bond donors (Lipinski definition) is 6. The molecule has 0 aliphatic carbocycles. The molecule has 0 bridgehead atoms. The van der Waals surface area contributed by atoms with Crippen LogP contribution in [0.25, 0.3) is 64.6 Å². The van der Waals surface area contributed by atoms with Crippen molar-refractivity contribution in [2.24, 2.45) is 9.98 Å². The van der Waals surface area contributed by atoms with E-state index in [0.717, 1.165) is 18.2 Å². The summed E-state index contributed by atoms with van der Waals surface area (Å²) in [5, 5.41) is -4.79. The maximum Gasteiger partial charge on any atom is 0.446 e. The summed E-state index contributed by atoms with van der Waals surface area (Å²) in [6, 6.07) is 20.3. The van der Waals surface area contributed by atoms with E-state index in [1.54, 1.807) is 12.1 Å². The van der Waals surface area contributed by atoms with Gasteiger partial charge in [0.15, 0.2) is 28.7 Å². The van der Waals surface area contributed by atoms with E-state index in [9.17, 15) is 77.8 Å². The van der Waals surface area contributed by atoms with Crippen LogP contribution in [-0.4, -0.2) is 77.8 Å². The first-order valence-electron chi connectivity index (χ1n) is 20.0. The summed E-state index contributed by atoms with van der Waals surface area (Å²) in [6.07, 6.45) is 0. The Bertz CT molecular complexity index is 5260. The third kappa shape index (κ3) is 8.51. The standard InChI is InChI=1S/C42H22N2O24S6/c45-69(46,47)63-20-11-9-17-15-26-18(13-19(17)14-20)10-12-25-29-32-31-28(64-70(48,49)50)16-27-30(40(66-72(54,55)56)22-6-2-1-5-21(22)39(27)65-71(51,52)53)37(31)44-38(32)34-33(36(29)43-35(25)26)41(67-73(57,58)59)23-7-3-4-8-24(23)42(34)68-74(60,61)62/h1-16H,(H,45,46,47)(H,48,49,50)(H,51,52,53)(H,54,55,56)(H,57,58,59)(H,60,61,62). The van der Waals surface area contributed by atoms with E-state index in [2.05, 4.69) is 4.18 Å². The zero-order valence-electron chi connectivity index (χ0n) is 35.6. The van der Waals surface area contributed by atoms with Gasteiger partial charge >= 0.3 is 62.4 Å². The molecule has 2 heterocycles. The van der Waals surface area contributed by atoms with Gasteiger partial charge in [0.25, 0.3) is 0 Å². The normalized spacial score (nSPS) is 13.6. The molecule has 32 heteroatoms. The SMILES string of the molecule is O=S(=O)(O)Oc1ccc2cc3c4c(ccc3cc2c1)=c1c(c2c(OS(=O)(=O)O)c3ccccc3c(OS(=O)(=O)O)c2c2c1=c1c(OS(=O)(=O)O)cc3c(OS(=O)(=O)O)c5ccccc5c(OS(=O)(=O)O)c3c1=N2)N=4. The molecule has 0 saturated carbocycles. The zero-order valence-corrected chi connectivity index (χ0v) is 40.5. The van der Waals surface area contributed by atoms with Gasteiger partial charge in [0.1, 0.15) is 5.75 Å². The molecule has 9 aromatic rings. The topological polar surface area (TPSA) is 406 Å². The van der Waals surface area contributed by atoms with Crippen LogP contribution in [0.5, 0.6) is 34.5 Å². The molecule has 2 aliphatic heterocycles. The molecule has 6 N–H and O–H groups in total. The first kappa shape index (κ1) is 48.7. The van der Waals surface area contributed by atoms with E-state index in [1.165, 1.54) is 60.7 Å². The molecule has 0 aromatic heterocycles. The Morgan fingerprint density at radius 2 is 0.784 bits per heavy atom. The van der Waals surface area contributed by atoms with Crippen LogP contribution < -0.4 is 35.8 Å². The summed E-state index contributed by atoms with van der Waals surface area (Å²) in [7, 11) is -33.1. The second kappa shape index (κ2) is 16.0. The van der Waals surface area contributed by atoms with Crippen LogP contribution >= 0.6 is 0 Å². The minimum Gasteiger partial charge on any atom is -0.362 e.